The van der Waals surface area contributed by atoms with Crippen LogP contribution in [0.15, 0.2) is 34.9 Å². The molecule has 3 saturated heterocycles. The molecule has 3 aliphatic rings. The van der Waals surface area contributed by atoms with Crippen molar-refractivity contribution in [3.8, 4) is 11.4 Å². The van der Waals surface area contributed by atoms with Crippen molar-refractivity contribution < 1.29 is 12.9 Å². The number of fused-ring (bicyclic) bond motifs is 4. The second-order valence-electron chi connectivity index (χ2n) is 6.98. The SMILES string of the molecule is CS(=O)(=O)N1C[C@@H]2CC[C@H](C1)N(Cc1nc(-c3ccccc3)no1)C2. The summed E-state index contributed by atoms with van der Waals surface area (Å²) >= 11 is 0. The summed E-state index contributed by atoms with van der Waals surface area (Å²) in [6.45, 7) is 2.61. The fourth-order valence-corrected chi connectivity index (χ4v) is 4.72. The van der Waals surface area contributed by atoms with Crippen LogP contribution in [0, 0.1) is 5.92 Å². The molecular weight excluding hydrogens is 340 g/mol. The topological polar surface area (TPSA) is 79.5 Å². The number of hydrogen-bond acceptors (Lipinski definition) is 6. The molecule has 1 aromatic carbocycles. The van der Waals surface area contributed by atoms with Crippen LogP contribution in [-0.2, 0) is 16.6 Å². The zero-order valence-electron chi connectivity index (χ0n) is 14.2. The summed E-state index contributed by atoms with van der Waals surface area (Å²) < 4.78 is 31.0. The van der Waals surface area contributed by atoms with Crippen molar-refractivity contribution in [1.29, 1.82) is 0 Å². The van der Waals surface area contributed by atoms with Gasteiger partial charge in [0.15, 0.2) is 0 Å². The average molecular weight is 362 g/mol. The number of benzene rings is 1. The molecule has 1 aromatic heterocycles. The van der Waals surface area contributed by atoms with E-state index in [0.29, 0.717) is 37.3 Å². The van der Waals surface area contributed by atoms with Gasteiger partial charge >= 0.3 is 0 Å². The van der Waals surface area contributed by atoms with E-state index in [0.717, 1.165) is 24.9 Å². The van der Waals surface area contributed by atoms with E-state index in [1.165, 1.54) is 6.26 Å². The molecule has 0 radical (unpaired) electrons. The Kier molecular flexibility index (Phi) is 4.35. The molecule has 8 heteroatoms. The van der Waals surface area contributed by atoms with Crippen LogP contribution in [0.4, 0.5) is 0 Å². The highest BCUT2D eigenvalue weighted by atomic mass is 32.2. The van der Waals surface area contributed by atoms with Crippen LogP contribution in [0.2, 0.25) is 0 Å². The standard InChI is InChI=1S/C17H22N4O3S/c1-25(22,23)21-10-13-7-8-15(11-21)20(9-13)12-16-18-17(19-24-16)14-5-3-2-4-6-14/h2-6,13,15H,7-12H2,1H3/t13-,15-/m1/s1. The Balaban J connectivity index is 1.49. The van der Waals surface area contributed by atoms with Gasteiger partial charge in [0.1, 0.15) is 0 Å². The van der Waals surface area contributed by atoms with Gasteiger partial charge in [-0.3, -0.25) is 4.90 Å². The summed E-state index contributed by atoms with van der Waals surface area (Å²) in [5.41, 5.74) is 0.929. The second kappa shape index (κ2) is 6.51. The molecule has 3 aliphatic heterocycles. The molecule has 5 rings (SSSR count). The van der Waals surface area contributed by atoms with E-state index in [1.807, 2.05) is 30.3 Å². The van der Waals surface area contributed by atoms with Crippen molar-refractivity contribution in [1.82, 2.24) is 19.3 Å². The Bertz CT molecular complexity index is 837. The Labute approximate surface area is 147 Å². The first kappa shape index (κ1) is 16.7. The lowest BCUT2D eigenvalue weighted by Crippen LogP contribution is -2.43. The van der Waals surface area contributed by atoms with Gasteiger partial charge in [-0.1, -0.05) is 35.5 Å². The minimum atomic E-state index is -3.15. The lowest BCUT2D eigenvalue weighted by atomic mass is 9.95. The number of piperidine rings is 1. The van der Waals surface area contributed by atoms with Crippen LogP contribution in [0.3, 0.4) is 0 Å². The number of hydrogen-bond donors (Lipinski definition) is 0. The predicted octanol–water partition coefficient (Wildman–Crippen LogP) is 1.59. The molecule has 2 aromatic rings. The highest BCUT2D eigenvalue weighted by Gasteiger charge is 2.38. The average Bonchev–Trinajstić information content (AvgIpc) is 2.84. The maximum atomic E-state index is 11.9. The van der Waals surface area contributed by atoms with Crippen molar-refractivity contribution in [3.05, 3.63) is 36.2 Å². The maximum absolute atomic E-state index is 11.9. The minimum absolute atomic E-state index is 0.209. The van der Waals surface area contributed by atoms with Crippen molar-refractivity contribution in [2.45, 2.75) is 25.4 Å². The first-order valence-electron chi connectivity index (χ1n) is 8.56. The van der Waals surface area contributed by atoms with Gasteiger partial charge in [-0.15, -0.1) is 0 Å². The Morgan fingerprint density at radius 3 is 2.72 bits per heavy atom. The molecule has 2 atom stereocenters. The van der Waals surface area contributed by atoms with Crippen molar-refractivity contribution >= 4 is 10.0 Å². The molecule has 25 heavy (non-hydrogen) atoms. The summed E-state index contributed by atoms with van der Waals surface area (Å²) in [6, 6.07) is 9.95. The highest BCUT2D eigenvalue weighted by Crippen LogP contribution is 2.30. The van der Waals surface area contributed by atoms with Crippen molar-refractivity contribution in [3.63, 3.8) is 0 Å². The summed E-state index contributed by atoms with van der Waals surface area (Å²) in [6.07, 6.45) is 3.38. The third-order valence-corrected chi connectivity index (χ3v) is 6.34. The molecule has 7 nitrogen and oxygen atoms in total. The number of aromatic nitrogens is 2. The first-order chi connectivity index (χ1) is 12.0. The molecule has 134 valence electrons. The van der Waals surface area contributed by atoms with Gasteiger partial charge < -0.3 is 4.52 Å². The van der Waals surface area contributed by atoms with E-state index in [2.05, 4.69) is 15.0 Å². The van der Waals surface area contributed by atoms with Gasteiger partial charge in [0.25, 0.3) is 0 Å². The fraction of sp³-hybridized carbons (Fsp3) is 0.529. The zero-order chi connectivity index (χ0) is 17.4. The summed E-state index contributed by atoms with van der Waals surface area (Å²) in [4.78, 5) is 6.80. The Morgan fingerprint density at radius 1 is 1.16 bits per heavy atom. The van der Waals surface area contributed by atoms with Gasteiger partial charge in [-0.25, -0.2) is 12.7 Å². The first-order valence-corrected chi connectivity index (χ1v) is 10.4. The van der Waals surface area contributed by atoms with Gasteiger partial charge in [-0.2, -0.15) is 4.98 Å². The van der Waals surface area contributed by atoms with E-state index < -0.39 is 10.0 Å². The molecule has 0 unspecified atom stereocenters. The van der Waals surface area contributed by atoms with Crippen LogP contribution < -0.4 is 0 Å². The van der Waals surface area contributed by atoms with Crippen LogP contribution >= 0.6 is 0 Å². The van der Waals surface area contributed by atoms with Crippen LogP contribution in [-0.4, -0.2) is 59.7 Å². The van der Waals surface area contributed by atoms with Gasteiger partial charge in [-0.05, 0) is 18.8 Å². The second-order valence-corrected chi connectivity index (χ2v) is 8.97. The van der Waals surface area contributed by atoms with E-state index >= 15 is 0 Å². The van der Waals surface area contributed by atoms with E-state index in [-0.39, 0.29) is 6.04 Å². The van der Waals surface area contributed by atoms with E-state index in [9.17, 15) is 8.42 Å². The van der Waals surface area contributed by atoms with Crippen LogP contribution in [0.1, 0.15) is 18.7 Å². The normalized spacial score (nSPS) is 25.2. The largest absolute Gasteiger partial charge is 0.338 e. The zero-order valence-corrected chi connectivity index (χ0v) is 15.0. The fourth-order valence-electron chi connectivity index (χ4n) is 3.80. The monoisotopic (exact) mass is 362 g/mol. The molecule has 3 fully saturated rings. The van der Waals surface area contributed by atoms with Crippen molar-refractivity contribution in [2.24, 2.45) is 5.92 Å². The molecule has 0 amide bonds. The van der Waals surface area contributed by atoms with Crippen LogP contribution in [0.5, 0.6) is 0 Å². The summed E-state index contributed by atoms with van der Waals surface area (Å²) in [5.74, 6) is 1.54. The predicted molar refractivity (Wildman–Crippen MR) is 93.1 cm³/mol. The quantitative estimate of drug-likeness (QED) is 0.822. The molecule has 0 aliphatic carbocycles. The lowest BCUT2D eigenvalue weighted by molar-refractivity contribution is 0.111. The molecule has 0 spiro atoms. The number of sulfonamides is 1. The maximum Gasteiger partial charge on any atom is 0.241 e. The molecule has 0 N–H and O–H groups in total. The number of nitrogens with zero attached hydrogens (tertiary/aromatic N) is 4. The molecule has 4 heterocycles. The minimum Gasteiger partial charge on any atom is -0.338 e. The van der Waals surface area contributed by atoms with Gasteiger partial charge in [0, 0.05) is 31.2 Å². The highest BCUT2D eigenvalue weighted by molar-refractivity contribution is 7.88. The Hall–Kier alpha value is -1.77. The van der Waals surface area contributed by atoms with Gasteiger partial charge in [0.05, 0.1) is 12.8 Å². The Morgan fingerprint density at radius 2 is 1.96 bits per heavy atom. The van der Waals surface area contributed by atoms with E-state index in [4.69, 9.17) is 4.52 Å². The van der Waals surface area contributed by atoms with E-state index in [1.54, 1.807) is 4.31 Å². The smallest absolute Gasteiger partial charge is 0.241 e. The van der Waals surface area contributed by atoms with Gasteiger partial charge in [0.2, 0.25) is 21.7 Å². The third-order valence-electron chi connectivity index (χ3n) is 5.10. The van der Waals surface area contributed by atoms with Crippen LogP contribution in [0.25, 0.3) is 11.4 Å². The summed E-state index contributed by atoms with van der Waals surface area (Å²) in [5, 5.41) is 4.07. The third kappa shape index (κ3) is 3.61. The molecular formula is C17H22N4O3S. The number of rotatable bonds is 4. The summed E-state index contributed by atoms with van der Waals surface area (Å²) in [7, 11) is -3.15. The lowest BCUT2D eigenvalue weighted by Gasteiger charge is -2.34. The van der Waals surface area contributed by atoms with Crippen molar-refractivity contribution in [2.75, 3.05) is 25.9 Å². The molecule has 2 bridgehead atoms. The molecule has 0 saturated carbocycles.